The first kappa shape index (κ1) is 7.10. The van der Waals surface area contributed by atoms with Crippen LogP contribution in [0.1, 0.15) is 25.7 Å². The molecular formula is C8H12O3. The van der Waals surface area contributed by atoms with E-state index in [0.717, 1.165) is 25.7 Å². The third-order valence-corrected chi connectivity index (χ3v) is 3.31. The number of carbonyl (C=O) groups is 1. The van der Waals surface area contributed by atoms with Gasteiger partial charge >= 0.3 is 5.97 Å². The molecule has 0 heterocycles. The summed E-state index contributed by atoms with van der Waals surface area (Å²) in [6.45, 7) is 0. The maximum Gasteiger partial charge on any atom is 0.336 e. The molecule has 2 saturated carbocycles. The minimum atomic E-state index is -1.36. The van der Waals surface area contributed by atoms with Crippen LogP contribution in [0.2, 0.25) is 0 Å². The van der Waals surface area contributed by atoms with Gasteiger partial charge in [0.25, 0.3) is 0 Å². The summed E-state index contributed by atoms with van der Waals surface area (Å²) in [6, 6.07) is 0. The van der Waals surface area contributed by atoms with E-state index in [1.54, 1.807) is 0 Å². The molecule has 0 radical (unpaired) electrons. The van der Waals surface area contributed by atoms with Crippen molar-refractivity contribution in [2.24, 2.45) is 11.8 Å². The maximum atomic E-state index is 10.7. The van der Waals surface area contributed by atoms with Gasteiger partial charge in [-0.25, -0.2) is 4.79 Å². The predicted molar refractivity (Wildman–Crippen MR) is 38.0 cm³/mol. The molecule has 62 valence electrons. The van der Waals surface area contributed by atoms with Gasteiger partial charge in [0, 0.05) is 0 Å². The van der Waals surface area contributed by atoms with E-state index in [1.165, 1.54) is 0 Å². The summed E-state index contributed by atoms with van der Waals surface area (Å²) < 4.78 is 0. The standard InChI is InChI=1S/C8H12O3/c9-7(10)8(11)5-1-2-6(8)4-3-5/h5-6,11H,1-4H2,(H,9,10). The lowest BCUT2D eigenvalue weighted by atomic mass is 9.92. The van der Waals surface area contributed by atoms with Crippen LogP contribution in [0.3, 0.4) is 0 Å². The van der Waals surface area contributed by atoms with E-state index in [-0.39, 0.29) is 11.8 Å². The number of carboxylic acid groups (broad SMARTS) is 1. The smallest absolute Gasteiger partial charge is 0.336 e. The van der Waals surface area contributed by atoms with Gasteiger partial charge in [-0.15, -0.1) is 0 Å². The second kappa shape index (κ2) is 1.97. The summed E-state index contributed by atoms with van der Waals surface area (Å²) in [4.78, 5) is 10.7. The van der Waals surface area contributed by atoms with Gasteiger partial charge < -0.3 is 10.2 Å². The molecule has 2 rings (SSSR count). The van der Waals surface area contributed by atoms with Gasteiger partial charge in [0.1, 0.15) is 0 Å². The van der Waals surface area contributed by atoms with Crippen LogP contribution < -0.4 is 0 Å². The molecular weight excluding hydrogens is 144 g/mol. The van der Waals surface area contributed by atoms with Crippen molar-refractivity contribution in [1.82, 2.24) is 0 Å². The van der Waals surface area contributed by atoms with Crippen LogP contribution in [-0.2, 0) is 4.79 Å². The minimum Gasteiger partial charge on any atom is -0.479 e. The number of carboxylic acids is 1. The lowest BCUT2D eigenvalue weighted by Crippen LogP contribution is -2.43. The molecule has 0 aromatic rings. The van der Waals surface area contributed by atoms with Gasteiger partial charge in [-0.05, 0) is 37.5 Å². The Hall–Kier alpha value is -0.570. The van der Waals surface area contributed by atoms with Crippen molar-refractivity contribution < 1.29 is 15.0 Å². The Bertz CT molecular complexity index is 180. The lowest BCUT2D eigenvalue weighted by Gasteiger charge is -2.22. The Morgan fingerprint density at radius 3 is 1.73 bits per heavy atom. The molecule has 2 aliphatic carbocycles. The fourth-order valence-corrected chi connectivity index (χ4v) is 2.66. The lowest BCUT2D eigenvalue weighted by molar-refractivity contribution is -0.163. The molecule has 0 saturated heterocycles. The Balaban J connectivity index is 2.32. The van der Waals surface area contributed by atoms with Crippen molar-refractivity contribution in [2.75, 3.05) is 0 Å². The number of fused-ring (bicyclic) bond motifs is 2. The van der Waals surface area contributed by atoms with Crippen molar-refractivity contribution in [3.8, 4) is 0 Å². The third-order valence-electron chi connectivity index (χ3n) is 3.31. The van der Waals surface area contributed by atoms with Gasteiger partial charge in [-0.2, -0.15) is 0 Å². The van der Waals surface area contributed by atoms with Gasteiger partial charge in [0.05, 0.1) is 0 Å². The van der Waals surface area contributed by atoms with Crippen LogP contribution >= 0.6 is 0 Å². The molecule has 0 amide bonds. The topological polar surface area (TPSA) is 57.5 Å². The first-order chi connectivity index (χ1) is 5.15. The van der Waals surface area contributed by atoms with Crippen molar-refractivity contribution in [1.29, 1.82) is 0 Å². The van der Waals surface area contributed by atoms with Gasteiger partial charge in [0.2, 0.25) is 0 Å². The summed E-state index contributed by atoms with van der Waals surface area (Å²) in [7, 11) is 0. The van der Waals surface area contributed by atoms with Crippen LogP contribution in [0, 0.1) is 11.8 Å². The van der Waals surface area contributed by atoms with Crippen molar-refractivity contribution in [3.63, 3.8) is 0 Å². The molecule has 2 fully saturated rings. The molecule has 3 nitrogen and oxygen atoms in total. The molecule has 3 heteroatoms. The van der Waals surface area contributed by atoms with Crippen LogP contribution in [0.5, 0.6) is 0 Å². The van der Waals surface area contributed by atoms with Gasteiger partial charge in [-0.3, -0.25) is 0 Å². The summed E-state index contributed by atoms with van der Waals surface area (Å²) >= 11 is 0. The SMILES string of the molecule is O=C(O)C1(O)C2CCC1CC2. The largest absolute Gasteiger partial charge is 0.479 e. The first-order valence-electron chi connectivity index (χ1n) is 4.11. The second-order valence-corrected chi connectivity index (χ2v) is 3.68. The zero-order valence-corrected chi connectivity index (χ0v) is 6.29. The van der Waals surface area contributed by atoms with Crippen LogP contribution in [0.15, 0.2) is 0 Å². The fourth-order valence-electron chi connectivity index (χ4n) is 2.66. The summed E-state index contributed by atoms with van der Waals surface area (Å²) in [5.41, 5.74) is -1.36. The molecule has 0 aliphatic heterocycles. The van der Waals surface area contributed by atoms with Crippen LogP contribution in [0.4, 0.5) is 0 Å². The molecule has 2 N–H and O–H groups in total. The van der Waals surface area contributed by atoms with E-state index >= 15 is 0 Å². The van der Waals surface area contributed by atoms with E-state index < -0.39 is 11.6 Å². The normalized spacial score (nSPS) is 48.1. The number of aliphatic hydroxyl groups is 1. The van der Waals surface area contributed by atoms with Crippen LogP contribution in [-0.4, -0.2) is 21.8 Å². The van der Waals surface area contributed by atoms with Crippen molar-refractivity contribution >= 4 is 5.97 Å². The van der Waals surface area contributed by atoms with E-state index in [2.05, 4.69) is 0 Å². The number of hydrogen-bond acceptors (Lipinski definition) is 2. The molecule has 11 heavy (non-hydrogen) atoms. The fraction of sp³-hybridized carbons (Fsp3) is 0.875. The first-order valence-corrected chi connectivity index (χ1v) is 4.11. The summed E-state index contributed by atoms with van der Waals surface area (Å²) in [6.07, 6.45) is 3.59. The van der Waals surface area contributed by atoms with Crippen molar-refractivity contribution in [2.45, 2.75) is 31.3 Å². The highest BCUT2D eigenvalue weighted by Crippen LogP contribution is 2.52. The summed E-state index contributed by atoms with van der Waals surface area (Å²) in [5.74, 6) is -0.947. The predicted octanol–water partition coefficient (Wildman–Crippen LogP) is 0.622. The number of aliphatic carboxylic acids is 1. The minimum absolute atomic E-state index is 0.0324. The van der Waals surface area contributed by atoms with Crippen LogP contribution in [0.25, 0.3) is 0 Å². The molecule has 2 bridgehead atoms. The highest BCUT2D eigenvalue weighted by molar-refractivity contribution is 5.79. The van der Waals surface area contributed by atoms with Gasteiger partial charge in [-0.1, -0.05) is 0 Å². The third kappa shape index (κ3) is 0.692. The van der Waals surface area contributed by atoms with E-state index in [1.807, 2.05) is 0 Å². The summed E-state index contributed by atoms with van der Waals surface area (Å²) in [5, 5.41) is 18.6. The quantitative estimate of drug-likeness (QED) is 0.585. The number of rotatable bonds is 1. The number of hydrogen-bond donors (Lipinski definition) is 2. The van der Waals surface area contributed by atoms with Gasteiger partial charge in [0.15, 0.2) is 5.60 Å². The molecule has 2 aliphatic rings. The highest BCUT2D eigenvalue weighted by atomic mass is 16.4. The Morgan fingerprint density at radius 1 is 1.18 bits per heavy atom. The van der Waals surface area contributed by atoms with E-state index in [9.17, 15) is 9.90 Å². The molecule has 0 unspecified atom stereocenters. The van der Waals surface area contributed by atoms with E-state index in [0.29, 0.717) is 0 Å². The maximum absolute atomic E-state index is 10.7. The highest BCUT2D eigenvalue weighted by Gasteiger charge is 2.58. The Kier molecular flexibility index (Phi) is 1.27. The Labute approximate surface area is 65.0 Å². The molecule has 0 aromatic heterocycles. The zero-order valence-electron chi connectivity index (χ0n) is 6.29. The average Bonchev–Trinajstić information content (AvgIpc) is 2.46. The molecule has 0 aromatic carbocycles. The molecule has 0 spiro atoms. The second-order valence-electron chi connectivity index (χ2n) is 3.68. The van der Waals surface area contributed by atoms with E-state index in [4.69, 9.17) is 5.11 Å². The zero-order chi connectivity index (χ0) is 8.06. The van der Waals surface area contributed by atoms with Crippen molar-refractivity contribution in [3.05, 3.63) is 0 Å². The monoisotopic (exact) mass is 156 g/mol. The average molecular weight is 156 g/mol. The Morgan fingerprint density at radius 2 is 1.55 bits per heavy atom. The molecule has 0 atom stereocenters.